The van der Waals surface area contributed by atoms with Gasteiger partial charge in [0.25, 0.3) is 0 Å². The van der Waals surface area contributed by atoms with Gasteiger partial charge in [0, 0.05) is 27.9 Å². The number of anilines is 3. The average molecular weight is 784 g/mol. The molecule has 11 rings (SSSR count). The largest absolute Gasteiger partial charge is 0.310 e. The summed E-state index contributed by atoms with van der Waals surface area (Å²) in [6.45, 7) is 13.9. The number of benzene rings is 9. The predicted octanol–water partition coefficient (Wildman–Crippen LogP) is 16.5. The van der Waals surface area contributed by atoms with Crippen LogP contribution in [-0.2, 0) is 10.8 Å². The van der Waals surface area contributed by atoms with Gasteiger partial charge in [-0.05, 0) is 139 Å². The fourth-order valence-electron chi connectivity index (χ4n) is 10.5. The predicted molar refractivity (Wildman–Crippen MR) is 260 cm³/mol. The minimum absolute atomic E-state index is 0.130. The van der Waals surface area contributed by atoms with E-state index in [0.29, 0.717) is 0 Å². The Labute approximate surface area is 360 Å². The molecule has 0 aliphatic heterocycles. The van der Waals surface area contributed by atoms with Crippen molar-refractivity contribution in [3.63, 3.8) is 0 Å². The van der Waals surface area contributed by atoms with Gasteiger partial charge >= 0.3 is 0 Å². The number of rotatable bonds is 6. The van der Waals surface area contributed by atoms with Gasteiger partial charge in [0.1, 0.15) is 0 Å². The fraction of sp³-hybridized carbons (Fsp3) is 0.133. The van der Waals surface area contributed by atoms with Crippen molar-refractivity contribution in [2.75, 3.05) is 4.90 Å². The van der Waals surface area contributed by atoms with Gasteiger partial charge in [-0.15, -0.1) is 0 Å². The van der Waals surface area contributed by atoms with Crippen LogP contribution in [0, 0.1) is 13.8 Å². The van der Waals surface area contributed by atoms with E-state index in [1.807, 2.05) is 0 Å². The van der Waals surface area contributed by atoms with Crippen molar-refractivity contribution in [1.82, 2.24) is 0 Å². The third-order valence-electron chi connectivity index (χ3n) is 13.8. The Kier molecular flexibility index (Phi) is 8.38. The number of hydrogen-bond donors (Lipinski definition) is 0. The molecule has 0 unspecified atom stereocenters. The Morgan fingerprint density at radius 1 is 0.311 bits per heavy atom. The summed E-state index contributed by atoms with van der Waals surface area (Å²) < 4.78 is 0. The Balaban J connectivity index is 1.08. The van der Waals surface area contributed by atoms with Gasteiger partial charge in [0.15, 0.2) is 0 Å². The third kappa shape index (κ3) is 5.90. The van der Waals surface area contributed by atoms with E-state index in [1.165, 1.54) is 99.8 Å². The first-order valence-corrected chi connectivity index (χ1v) is 21.7. The first-order valence-electron chi connectivity index (χ1n) is 21.7. The molecule has 0 saturated heterocycles. The van der Waals surface area contributed by atoms with Crippen LogP contribution in [0.3, 0.4) is 0 Å². The summed E-state index contributed by atoms with van der Waals surface area (Å²) in [6.07, 6.45) is 0. The normalized spacial score (nSPS) is 14.0. The summed E-state index contributed by atoms with van der Waals surface area (Å²) in [6, 6.07) is 70.6. The second-order valence-corrected chi connectivity index (χ2v) is 18.3. The topological polar surface area (TPSA) is 3.24 Å². The molecule has 0 radical (unpaired) electrons. The summed E-state index contributed by atoms with van der Waals surface area (Å²) >= 11 is 0. The van der Waals surface area contributed by atoms with Gasteiger partial charge < -0.3 is 4.90 Å². The lowest BCUT2D eigenvalue weighted by Gasteiger charge is -2.30. The van der Waals surface area contributed by atoms with Crippen molar-refractivity contribution in [3.8, 4) is 55.6 Å². The second kappa shape index (κ2) is 13.8. The SMILES string of the molecule is Cc1ccc2c(c1)C(C)(C)c1cc(N(c3ccc(-c4ccc(-c5cccc6ccccc56)cc4)c(-c4ccccc4)c3)c3ccc4c(c3)C(C)(C)c3cc(C)ccc3-4)ccc1-2. The molecule has 9 aromatic carbocycles. The third-order valence-corrected chi connectivity index (χ3v) is 13.8. The van der Waals surface area contributed by atoms with Crippen LogP contribution in [-0.4, -0.2) is 0 Å². The summed E-state index contributed by atoms with van der Waals surface area (Å²) in [5, 5.41) is 2.53. The van der Waals surface area contributed by atoms with Crippen LogP contribution in [0.25, 0.3) is 66.4 Å². The van der Waals surface area contributed by atoms with Gasteiger partial charge in [-0.25, -0.2) is 0 Å². The maximum atomic E-state index is 2.50. The van der Waals surface area contributed by atoms with E-state index in [1.54, 1.807) is 0 Å². The number of hydrogen-bond acceptors (Lipinski definition) is 1. The van der Waals surface area contributed by atoms with Crippen LogP contribution in [0.2, 0.25) is 0 Å². The molecule has 0 spiro atoms. The zero-order chi connectivity index (χ0) is 41.6. The lowest BCUT2D eigenvalue weighted by atomic mass is 9.81. The lowest BCUT2D eigenvalue weighted by Crippen LogP contribution is -2.18. The molecule has 2 aliphatic carbocycles. The molecule has 0 atom stereocenters. The fourth-order valence-corrected chi connectivity index (χ4v) is 10.5. The van der Waals surface area contributed by atoms with E-state index in [2.05, 4.69) is 234 Å². The number of aryl methyl sites for hydroxylation is 2. The smallest absolute Gasteiger partial charge is 0.0468 e. The standard InChI is InChI=1S/C60H49N/c1-38-19-28-50-52-31-26-45(36-57(52)59(3,4)55(50)33-38)61(46-27-32-53-51-29-20-39(2)34-56(51)60(5,6)58(53)37-46)44-25-30-49(54(35-44)41-13-8-7-9-14-41)43-23-21-42(22-24-43)48-18-12-16-40-15-10-11-17-47(40)48/h7-37H,1-6H3. The van der Waals surface area contributed by atoms with Crippen LogP contribution >= 0.6 is 0 Å². The molecule has 61 heavy (non-hydrogen) atoms. The molecule has 0 fully saturated rings. The summed E-state index contributed by atoms with van der Waals surface area (Å²) in [7, 11) is 0. The van der Waals surface area contributed by atoms with E-state index in [0.717, 1.165) is 17.1 Å². The van der Waals surface area contributed by atoms with E-state index < -0.39 is 0 Å². The molecular formula is C60H49N. The Morgan fingerprint density at radius 2 is 0.738 bits per heavy atom. The Hall–Kier alpha value is -6.96. The highest BCUT2D eigenvalue weighted by atomic mass is 15.1. The van der Waals surface area contributed by atoms with Crippen molar-refractivity contribution in [3.05, 3.63) is 221 Å². The van der Waals surface area contributed by atoms with Gasteiger partial charge in [0.2, 0.25) is 0 Å². The molecule has 0 amide bonds. The highest BCUT2D eigenvalue weighted by molar-refractivity contribution is 5.98. The van der Waals surface area contributed by atoms with Crippen LogP contribution in [0.4, 0.5) is 17.1 Å². The summed E-state index contributed by atoms with van der Waals surface area (Å²) in [5.74, 6) is 0. The molecule has 1 nitrogen and oxygen atoms in total. The molecule has 2 aliphatic rings. The van der Waals surface area contributed by atoms with Gasteiger partial charge in [-0.3, -0.25) is 0 Å². The molecule has 0 saturated carbocycles. The highest BCUT2D eigenvalue weighted by Crippen LogP contribution is 2.54. The summed E-state index contributed by atoms with van der Waals surface area (Å²) in [4.78, 5) is 2.50. The van der Waals surface area contributed by atoms with Crippen LogP contribution < -0.4 is 4.90 Å². The van der Waals surface area contributed by atoms with Crippen LogP contribution in [0.1, 0.15) is 61.1 Å². The molecule has 0 aromatic heterocycles. The minimum Gasteiger partial charge on any atom is -0.310 e. The average Bonchev–Trinajstić information content (AvgIpc) is 3.64. The van der Waals surface area contributed by atoms with Gasteiger partial charge in [-0.1, -0.05) is 190 Å². The van der Waals surface area contributed by atoms with Crippen molar-refractivity contribution >= 4 is 27.8 Å². The zero-order valence-corrected chi connectivity index (χ0v) is 35.8. The second-order valence-electron chi connectivity index (χ2n) is 18.3. The first kappa shape index (κ1) is 37.1. The maximum Gasteiger partial charge on any atom is 0.0468 e. The van der Waals surface area contributed by atoms with E-state index in [4.69, 9.17) is 0 Å². The molecule has 1 heteroatoms. The van der Waals surface area contributed by atoms with E-state index in [-0.39, 0.29) is 10.8 Å². The van der Waals surface area contributed by atoms with E-state index >= 15 is 0 Å². The molecule has 294 valence electrons. The quantitative estimate of drug-likeness (QED) is 0.162. The lowest BCUT2D eigenvalue weighted by molar-refractivity contribution is 0.659. The molecule has 0 heterocycles. The first-order chi connectivity index (χ1) is 29.6. The molecular weight excluding hydrogens is 735 g/mol. The van der Waals surface area contributed by atoms with E-state index in [9.17, 15) is 0 Å². The molecule has 0 N–H and O–H groups in total. The monoisotopic (exact) mass is 783 g/mol. The molecule has 0 bridgehead atoms. The van der Waals surface area contributed by atoms with Crippen molar-refractivity contribution in [1.29, 1.82) is 0 Å². The van der Waals surface area contributed by atoms with Gasteiger partial charge in [0.05, 0.1) is 0 Å². The minimum atomic E-state index is -0.130. The number of fused-ring (bicyclic) bond motifs is 7. The van der Waals surface area contributed by atoms with Crippen molar-refractivity contribution in [2.24, 2.45) is 0 Å². The van der Waals surface area contributed by atoms with Crippen molar-refractivity contribution < 1.29 is 0 Å². The van der Waals surface area contributed by atoms with Crippen LogP contribution in [0.15, 0.2) is 188 Å². The summed E-state index contributed by atoms with van der Waals surface area (Å²) in [5.41, 5.74) is 24.0. The number of nitrogens with zero attached hydrogens (tertiary/aromatic N) is 1. The van der Waals surface area contributed by atoms with Gasteiger partial charge in [-0.2, -0.15) is 0 Å². The maximum absolute atomic E-state index is 2.50. The zero-order valence-electron chi connectivity index (χ0n) is 35.8. The Bertz CT molecular complexity index is 3080. The van der Waals surface area contributed by atoms with Crippen LogP contribution in [0.5, 0.6) is 0 Å². The van der Waals surface area contributed by atoms with Crippen molar-refractivity contribution in [2.45, 2.75) is 52.4 Å². The Morgan fingerprint density at radius 3 is 1.31 bits per heavy atom. The highest BCUT2D eigenvalue weighted by Gasteiger charge is 2.38. The molecule has 9 aromatic rings.